The number of benzene rings is 1. The van der Waals surface area contributed by atoms with Crippen LogP contribution in [0.4, 0.5) is 14.5 Å². The van der Waals surface area contributed by atoms with Crippen LogP contribution in [0.25, 0.3) is 0 Å². The van der Waals surface area contributed by atoms with E-state index in [1.54, 1.807) is 6.07 Å². The Hall–Kier alpha value is -1.04. The number of hydrogen-bond donors (Lipinski definition) is 1. The molecule has 0 aliphatic heterocycles. The lowest BCUT2D eigenvalue weighted by Gasteiger charge is -2.09. The molecule has 0 fully saturated rings. The number of anilines is 1. The number of ether oxygens (including phenoxy) is 1. The molecule has 0 radical (unpaired) electrons. The number of hydrogen-bond acceptors (Lipinski definition) is 3. The fourth-order valence-corrected chi connectivity index (χ4v) is 2.68. The summed E-state index contributed by atoms with van der Waals surface area (Å²) in [7, 11) is 0. The molecule has 1 heterocycles. The van der Waals surface area contributed by atoms with E-state index in [-0.39, 0.29) is 10.8 Å². The largest absolute Gasteiger partial charge is 0.433 e. The van der Waals surface area contributed by atoms with Crippen molar-refractivity contribution in [3.63, 3.8) is 0 Å². The van der Waals surface area contributed by atoms with Crippen LogP contribution in [0.2, 0.25) is 10.0 Å². The van der Waals surface area contributed by atoms with Crippen LogP contribution in [0.15, 0.2) is 29.6 Å². The van der Waals surface area contributed by atoms with Gasteiger partial charge in [0.15, 0.2) is 0 Å². The summed E-state index contributed by atoms with van der Waals surface area (Å²) in [6.07, 6.45) is 0. The third kappa shape index (κ3) is 4.23. The highest BCUT2D eigenvalue weighted by atomic mass is 35.5. The lowest BCUT2D eigenvalue weighted by molar-refractivity contribution is -0.0497. The van der Waals surface area contributed by atoms with Crippen LogP contribution in [0.5, 0.6) is 5.75 Å². The Morgan fingerprint density at radius 3 is 2.63 bits per heavy atom. The topological polar surface area (TPSA) is 21.3 Å². The monoisotopic (exact) mass is 323 g/mol. The number of rotatable bonds is 5. The predicted molar refractivity (Wildman–Crippen MR) is 74.7 cm³/mol. The van der Waals surface area contributed by atoms with Gasteiger partial charge in [0.25, 0.3) is 0 Å². The fraction of sp³-hybridized carbons (Fsp3) is 0.167. The van der Waals surface area contributed by atoms with Crippen LogP contribution in [0.3, 0.4) is 0 Å². The number of nitrogens with one attached hydrogen (secondary N) is 1. The summed E-state index contributed by atoms with van der Waals surface area (Å²) in [5, 5.41) is 5.79. The third-order valence-corrected chi connectivity index (χ3v) is 3.82. The maximum Gasteiger partial charge on any atom is 0.387 e. The van der Waals surface area contributed by atoms with Gasteiger partial charge in [-0.25, -0.2) is 0 Å². The van der Waals surface area contributed by atoms with E-state index in [0.717, 1.165) is 10.6 Å². The molecule has 0 unspecified atom stereocenters. The Bertz CT molecular complexity index is 562. The third-order valence-electron chi connectivity index (χ3n) is 2.24. The van der Waals surface area contributed by atoms with E-state index in [0.29, 0.717) is 11.6 Å². The average Bonchev–Trinajstić information content (AvgIpc) is 2.75. The molecule has 1 N–H and O–H groups in total. The molecular formula is C12H9Cl2F2NOS. The minimum atomic E-state index is -2.88. The Morgan fingerprint density at radius 1 is 1.26 bits per heavy atom. The number of alkyl halides is 2. The van der Waals surface area contributed by atoms with Crippen molar-refractivity contribution < 1.29 is 13.5 Å². The lowest BCUT2D eigenvalue weighted by Crippen LogP contribution is -2.03. The van der Waals surface area contributed by atoms with Gasteiger partial charge in [0.2, 0.25) is 0 Å². The Balaban J connectivity index is 1.99. The van der Waals surface area contributed by atoms with Crippen LogP contribution < -0.4 is 10.1 Å². The van der Waals surface area contributed by atoms with Crippen molar-refractivity contribution in [2.75, 3.05) is 5.32 Å². The Kier molecular flexibility index (Phi) is 4.85. The van der Waals surface area contributed by atoms with E-state index in [9.17, 15) is 8.78 Å². The molecule has 7 heteroatoms. The maximum atomic E-state index is 12.1. The molecule has 2 nitrogen and oxygen atoms in total. The highest BCUT2D eigenvalue weighted by molar-refractivity contribution is 7.10. The van der Waals surface area contributed by atoms with E-state index >= 15 is 0 Å². The van der Waals surface area contributed by atoms with Gasteiger partial charge in [0, 0.05) is 22.5 Å². The van der Waals surface area contributed by atoms with Crippen LogP contribution in [0.1, 0.15) is 4.88 Å². The van der Waals surface area contributed by atoms with Gasteiger partial charge in [-0.05, 0) is 24.3 Å². The van der Waals surface area contributed by atoms with Gasteiger partial charge in [-0.1, -0.05) is 23.2 Å². The number of thiophene rings is 1. The van der Waals surface area contributed by atoms with E-state index in [1.807, 2.05) is 11.4 Å². The summed E-state index contributed by atoms with van der Waals surface area (Å²) in [6.45, 7) is -2.30. The first-order chi connectivity index (χ1) is 9.04. The van der Waals surface area contributed by atoms with Gasteiger partial charge in [-0.3, -0.25) is 0 Å². The SMILES string of the molecule is FC(F)Oc1ccc(NCc2cc(Cl)cs2)cc1Cl. The van der Waals surface area contributed by atoms with Crippen LogP contribution >= 0.6 is 34.5 Å². The maximum absolute atomic E-state index is 12.1. The summed E-state index contributed by atoms with van der Waals surface area (Å²) in [4.78, 5) is 1.06. The van der Waals surface area contributed by atoms with Crippen molar-refractivity contribution in [2.45, 2.75) is 13.2 Å². The lowest BCUT2D eigenvalue weighted by atomic mass is 10.3. The van der Waals surface area contributed by atoms with Crippen molar-refractivity contribution in [2.24, 2.45) is 0 Å². The minimum absolute atomic E-state index is 0.0404. The molecule has 2 rings (SSSR count). The van der Waals surface area contributed by atoms with E-state index < -0.39 is 6.61 Å². The smallest absolute Gasteiger partial charge is 0.387 e. The molecule has 0 saturated carbocycles. The minimum Gasteiger partial charge on any atom is -0.433 e. The Morgan fingerprint density at radius 2 is 2.05 bits per heavy atom. The van der Waals surface area contributed by atoms with Gasteiger partial charge in [0.05, 0.1) is 10.0 Å². The molecule has 1 aromatic carbocycles. The van der Waals surface area contributed by atoms with Gasteiger partial charge >= 0.3 is 6.61 Å². The van der Waals surface area contributed by atoms with E-state index in [1.165, 1.54) is 23.5 Å². The van der Waals surface area contributed by atoms with Crippen molar-refractivity contribution in [1.82, 2.24) is 0 Å². The van der Waals surface area contributed by atoms with Crippen molar-refractivity contribution in [1.29, 1.82) is 0 Å². The van der Waals surface area contributed by atoms with Gasteiger partial charge in [-0.15, -0.1) is 11.3 Å². The van der Waals surface area contributed by atoms with Gasteiger partial charge in [-0.2, -0.15) is 8.78 Å². The van der Waals surface area contributed by atoms with Crippen LogP contribution in [-0.2, 0) is 6.54 Å². The van der Waals surface area contributed by atoms with Gasteiger partial charge in [0.1, 0.15) is 5.75 Å². The molecule has 2 aromatic rings. The second kappa shape index (κ2) is 6.41. The normalized spacial score (nSPS) is 10.8. The summed E-state index contributed by atoms with van der Waals surface area (Å²) >= 11 is 13.2. The second-order valence-electron chi connectivity index (χ2n) is 3.61. The summed E-state index contributed by atoms with van der Waals surface area (Å²) < 4.78 is 28.4. The fourth-order valence-electron chi connectivity index (χ4n) is 1.44. The standard InChI is InChI=1S/C12H9Cl2F2NOS/c13-7-3-9(19-6-7)5-17-8-1-2-11(10(14)4-8)18-12(15)16/h1-4,6,12,17H,5H2. The molecule has 19 heavy (non-hydrogen) atoms. The summed E-state index contributed by atoms with van der Waals surface area (Å²) in [6, 6.07) is 6.42. The van der Waals surface area contributed by atoms with Crippen molar-refractivity contribution in [3.05, 3.63) is 44.6 Å². The molecule has 0 spiro atoms. The average molecular weight is 324 g/mol. The van der Waals surface area contributed by atoms with Crippen LogP contribution in [0, 0.1) is 0 Å². The second-order valence-corrected chi connectivity index (χ2v) is 5.45. The molecular weight excluding hydrogens is 315 g/mol. The molecule has 102 valence electrons. The molecule has 0 atom stereocenters. The van der Waals surface area contributed by atoms with E-state index in [2.05, 4.69) is 10.1 Å². The zero-order valence-electron chi connectivity index (χ0n) is 9.50. The Labute approximate surface area is 122 Å². The highest BCUT2D eigenvalue weighted by Gasteiger charge is 2.09. The zero-order chi connectivity index (χ0) is 13.8. The highest BCUT2D eigenvalue weighted by Crippen LogP contribution is 2.29. The molecule has 1 aromatic heterocycles. The first-order valence-electron chi connectivity index (χ1n) is 5.26. The first kappa shape index (κ1) is 14.4. The molecule has 0 saturated heterocycles. The summed E-state index contributed by atoms with van der Waals surface area (Å²) in [5.41, 5.74) is 0.719. The zero-order valence-corrected chi connectivity index (χ0v) is 11.8. The predicted octanol–water partition coefficient (Wildman–Crippen LogP) is 5.27. The van der Waals surface area contributed by atoms with Gasteiger partial charge < -0.3 is 10.1 Å². The molecule has 0 aliphatic carbocycles. The summed E-state index contributed by atoms with van der Waals surface area (Å²) in [5.74, 6) is -0.0404. The van der Waals surface area contributed by atoms with Crippen molar-refractivity contribution in [3.8, 4) is 5.75 Å². The molecule has 0 aliphatic rings. The quantitative estimate of drug-likeness (QED) is 0.809. The first-order valence-corrected chi connectivity index (χ1v) is 6.89. The molecule has 0 bridgehead atoms. The number of halogens is 4. The molecule has 0 amide bonds. The van der Waals surface area contributed by atoms with Crippen molar-refractivity contribution >= 4 is 40.2 Å². The van der Waals surface area contributed by atoms with Crippen LogP contribution in [-0.4, -0.2) is 6.61 Å². The van der Waals surface area contributed by atoms with E-state index in [4.69, 9.17) is 23.2 Å².